The van der Waals surface area contributed by atoms with Crippen LogP contribution in [0.15, 0.2) is 54.6 Å². The molecule has 0 radical (unpaired) electrons. The highest BCUT2D eigenvalue weighted by atomic mass is 16.5. The van der Waals surface area contributed by atoms with Crippen LogP contribution in [-0.4, -0.2) is 30.0 Å². The first kappa shape index (κ1) is 19.4. The van der Waals surface area contributed by atoms with Gasteiger partial charge in [0.1, 0.15) is 0 Å². The van der Waals surface area contributed by atoms with Crippen molar-refractivity contribution in [2.24, 2.45) is 0 Å². The second kappa shape index (κ2) is 8.13. The zero-order valence-electron chi connectivity index (χ0n) is 16.6. The van der Waals surface area contributed by atoms with E-state index in [0.717, 1.165) is 17.1 Å². The zero-order valence-corrected chi connectivity index (χ0v) is 16.6. The summed E-state index contributed by atoms with van der Waals surface area (Å²) in [6, 6.07) is 17.1. The Labute approximate surface area is 165 Å². The third-order valence-corrected chi connectivity index (χ3v) is 4.76. The molecular weight excluding hydrogens is 352 g/mol. The zero-order chi connectivity index (χ0) is 20.3. The lowest BCUT2D eigenvalue weighted by Crippen LogP contribution is -2.15. The minimum absolute atomic E-state index is 0.00469. The van der Waals surface area contributed by atoms with Gasteiger partial charge in [-0.3, -0.25) is 4.79 Å². The van der Waals surface area contributed by atoms with E-state index in [2.05, 4.69) is 41.1 Å². The fourth-order valence-electron chi connectivity index (χ4n) is 3.29. The van der Waals surface area contributed by atoms with Crippen molar-refractivity contribution in [3.8, 4) is 5.69 Å². The second-order valence-corrected chi connectivity index (χ2v) is 6.80. The van der Waals surface area contributed by atoms with Gasteiger partial charge in [-0.2, -0.15) is 0 Å². The molecule has 1 aromatic heterocycles. The number of carbonyl (C=O) groups is 2. The van der Waals surface area contributed by atoms with Crippen molar-refractivity contribution >= 4 is 17.4 Å². The van der Waals surface area contributed by atoms with Gasteiger partial charge in [0.15, 0.2) is 5.78 Å². The van der Waals surface area contributed by atoms with E-state index < -0.39 is 5.97 Å². The average molecular weight is 376 g/mol. The van der Waals surface area contributed by atoms with Gasteiger partial charge in [-0.25, -0.2) is 4.79 Å². The molecule has 0 aliphatic rings. The molecule has 0 atom stereocenters. The summed E-state index contributed by atoms with van der Waals surface area (Å²) in [5, 5.41) is 3.10. The summed E-state index contributed by atoms with van der Waals surface area (Å²) in [4.78, 5) is 24.4. The van der Waals surface area contributed by atoms with Crippen LogP contribution >= 0.6 is 0 Å². The number of aryl methyl sites for hydroxylation is 2. The summed E-state index contributed by atoms with van der Waals surface area (Å²) in [5.74, 6) is -0.411. The van der Waals surface area contributed by atoms with Crippen molar-refractivity contribution in [3.63, 3.8) is 0 Å². The van der Waals surface area contributed by atoms with Crippen LogP contribution in [0.5, 0.6) is 0 Å². The van der Waals surface area contributed by atoms with Crippen molar-refractivity contribution < 1.29 is 14.3 Å². The van der Waals surface area contributed by atoms with Gasteiger partial charge >= 0.3 is 5.97 Å². The molecular formula is C23H24N2O3. The molecule has 0 saturated carbocycles. The van der Waals surface area contributed by atoms with Crippen molar-refractivity contribution in [3.05, 3.63) is 82.7 Å². The standard InChI is InChI=1S/C23H24N2O3/c1-15-8-10-20(11-9-15)25-16(2)12-21(17(25)3)22(26)14-24-19-7-5-6-18(13-19)23(27)28-4/h5-13,24H,14H2,1-4H3. The lowest BCUT2D eigenvalue weighted by Gasteiger charge is -2.11. The summed E-state index contributed by atoms with van der Waals surface area (Å²) in [6.07, 6.45) is 0. The van der Waals surface area contributed by atoms with Crippen molar-refractivity contribution in [2.45, 2.75) is 20.8 Å². The van der Waals surface area contributed by atoms with Gasteiger partial charge in [-0.05, 0) is 57.2 Å². The van der Waals surface area contributed by atoms with Crippen LogP contribution in [0.3, 0.4) is 0 Å². The Morgan fingerprint density at radius 1 is 1.00 bits per heavy atom. The number of ether oxygens (including phenoxy) is 1. The number of methoxy groups -OCH3 is 1. The molecule has 3 aromatic rings. The molecule has 0 aliphatic heterocycles. The van der Waals surface area contributed by atoms with Gasteiger partial charge in [0.05, 0.1) is 19.2 Å². The molecule has 2 aromatic carbocycles. The fraction of sp³-hybridized carbons (Fsp3) is 0.217. The molecule has 0 unspecified atom stereocenters. The highest BCUT2D eigenvalue weighted by Crippen LogP contribution is 2.22. The summed E-state index contributed by atoms with van der Waals surface area (Å²) >= 11 is 0. The SMILES string of the molecule is COC(=O)c1cccc(NCC(=O)c2cc(C)n(-c3ccc(C)cc3)c2C)c1. The number of rotatable bonds is 6. The molecule has 0 saturated heterocycles. The smallest absolute Gasteiger partial charge is 0.337 e. The minimum atomic E-state index is -0.406. The summed E-state index contributed by atoms with van der Waals surface area (Å²) < 4.78 is 6.82. The molecule has 0 bridgehead atoms. The van der Waals surface area contributed by atoms with Crippen LogP contribution in [0.4, 0.5) is 5.69 Å². The molecule has 1 N–H and O–H groups in total. The molecule has 1 heterocycles. The molecule has 5 heteroatoms. The van der Waals surface area contributed by atoms with Gasteiger partial charge in [0, 0.05) is 28.3 Å². The molecule has 0 aliphatic carbocycles. The van der Waals surface area contributed by atoms with Crippen molar-refractivity contribution in [1.82, 2.24) is 4.57 Å². The Kier molecular flexibility index (Phi) is 5.64. The Hall–Kier alpha value is -3.34. The van der Waals surface area contributed by atoms with E-state index in [9.17, 15) is 9.59 Å². The van der Waals surface area contributed by atoms with E-state index >= 15 is 0 Å². The summed E-state index contributed by atoms with van der Waals surface area (Å²) in [5.41, 5.74) is 5.99. The molecule has 0 fully saturated rings. The van der Waals surface area contributed by atoms with Gasteiger partial charge in [0.25, 0.3) is 0 Å². The van der Waals surface area contributed by atoms with E-state index in [1.165, 1.54) is 12.7 Å². The first-order valence-electron chi connectivity index (χ1n) is 9.12. The summed E-state index contributed by atoms with van der Waals surface area (Å²) in [7, 11) is 1.34. The van der Waals surface area contributed by atoms with E-state index in [1.807, 2.05) is 26.0 Å². The number of benzene rings is 2. The molecule has 0 spiro atoms. The third-order valence-electron chi connectivity index (χ3n) is 4.76. The Bertz CT molecular complexity index is 1020. The minimum Gasteiger partial charge on any atom is -0.465 e. The number of hydrogen-bond donors (Lipinski definition) is 1. The normalized spacial score (nSPS) is 10.6. The number of nitrogens with one attached hydrogen (secondary N) is 1. The number of esters is 1. The quantitative estimate of drug-likeness (QED) is 0.509. The predicted octanol–water partition coefficient (Wildman–Crippen LogP) is 4.48. The van der Waals surface area contributed by atoms with Gasteiger partial charge in [-0.1, -0.05) is 23.8 Å². The predicted molar refractivity (Wildman–Crippen MR) is 111 cm³/mol. The first-order valence-corrected chi connectivity index (χ1v) is 9.12. The van der Waals surface area contributed by atoms with E-state index in [1.54, 1.807) is 18.2 Å². The van der Waals surface area contributed by atoms with Crippen molar-refractivity contribution in [1.29, 1.82) is 0 Å². The molecule has 28 heavy (non-hydrogen) atoms. The third kappa shape index (κ3) is 3.98. The van der Waals surface area contributed by atoms with Crippen LogP contribution in [0.25, 0.3) is 5.69 Å². The second-order valence-electron chi connectivity index (χ2n) is 6.80. The lowest BCUT2D eigenvalue weighted by molar-refractivity contribution is 0.0600. The fourth-order valence-corrected chi connectivity index (χ4v) is 3.29. The first-order chi connectivity index (χ1) is 13.4. The Morgan fingerprint density at radius 3 is 2.39 bits per heavy atom. The number of hydrogen-bond acceptors (Lipinski definition) is 4. The van der Waals surface area contributed by atoms with Crippen LogP contribution in [0, 0.1) is 20.8 Å². The Balaban J connectivity index is 1.78. The van der Waals surface area contributed by atoms with E-state index in [-0.39, 0.29) is 12.3 Å². The topological polar surface area (TPSA) is 60.3 Å². The van der Waals surface area contributed by atoms with Gasteiger partial charge < -0.3 is 14.6 Å². The van der Waals surface area contributed by atoms with Crippen LogP contribution in [0.1, 0.15) is 37.7 Å². The van der Waals surface area contributed by atoms with Crippen molar-refractivity contribution in [2.75, 3.05) is 19.0 Å². The summed E-state index contributed by atoms with van der Waals surface area (Å²) in [6.45, 7) is 6.15. The largest absolute Gasteiger partial charge is 0.465 e. The number of Topliss-reactive ketones (excluding diaryl/α,β-unsaturated/α-hetero) is 1. The van der Waals surface area contributed by atoms with Gasteiger partial charge in [-0.15, -0.1) is 0 Å². The number of nitrogens with zero attached hydrogens (tertiary/aromatic N) is 1. The number of aromatic nitrogens is 1. The van der Waals surface area contributed by atoms with E-state index in [4.69, 9.17) is 4.74 Å². The maximum Gasteiger partial charge on any atom is 0.337 e. The molecule has 144 valence electrons. The molecule has 3 rings (SSSR count). The number of anilines is 1. The van der Waals surface area contributed by atoms with Gasteiger partial charge in [0.2, 0.25) is 0 Å². The number of ketones is 1. The molecule has 5 nitrogen and oxygen atoms in total. The highest BCUT2D eigenvalue weighted by molar-refractivity contribution is 6.00. The van der Waals surface area contributed by atoms with Crippen LogP contribution in [0.2, 0.25) is 0 Å². The average Bonchev–Trinajstić information content (AvgIpc) is 3.00. The van der Waals surface area contributed by atoms with E-state index in [0.29, 0.717) is 16.8 Å². The maximum absolute atomic E-state index is 12.8. The van der Waals surface area contributed by atoms with Crippen LogP contribution < -0.4 is 5.32 Å². The Morgan fingerprint density at radius 2 is 1.71 bits per heavy atom. The lowest BCUT2D eigenvalue weighted by atomic mass is 10.1. The highest BCUT2D eigenvalue weighted by Gasteiger charge is 2.16. The van der Waals surface area contributed by atoms with Crippen LogP contribution in [-0.2, 0) is 4.74 Å². The molecule has 0 amide bonds. The maximum atomic E-state index is 12.8. The monoisotopic (exact) mass is 376 g/mol. The number of carbonyl (C=O) groups excluding carboxylic acids is 2.